The SMILES string of the molecule is CC(NC1CCCN(c2ncccn2)C1)c1ccccn1. The average molecular weight is 283 g/mol. The van der Waals surface area contributed by atoms with Gasteiger partial charge in [0.1, 0.15) is 0 Å². The highest BCUT2D eigenvalue weighted by atomic mass is 15.3. The predicted octanol–water partition coefficient (Wildman–Crippen LogP) is 2.19. The van der Waals surface area contributed by atoms with Gasteiger partial charge < -0.3 is 10.2 Å². The zero-order valence-electron chi connectivity index (χ0n) is 12.3. The van der Waals surface area contributed by atoms with Crippen LogP contribution in [-0.2, 0) is 0 Å². The molecule has 5 heteroatoms. The molecule has 1 fully saturated rings. The van der Waals surface area contributed by atoms with Crippen LogP contribution in [0, 0.1) is 0 Å². The van der Waals surface area contributed by atoms with E-state index in [4.69, 9.17) is 0 Å². The summed E-state index contributed by atoms with van der Waals surface area (Å²) in [4.78, 5) is 15.4. The lowest BCUT2D eigenvalue weighted by atomic mass is 10.0. The van der Waals surface area contributed by atoms with Crippen molar-refractivity contribution in [2.24, 2.45) is 0 Å². The van der Waals surface area contributed by atoms with Crippen LogP contribution < -0.4 is 10.2 Å². The summed E-state index contributed by atoms with van der Waals surface area (Å²) < 4.78 is 0. The van der Waals surface area contributed by atoms with Crippen LogP contribution in [0.2, 0.25) is 0 Å². The van der Waals surface area contributed by atoms with Gasteiger partial charge in [-0.05, 0) is 38.0 Å². The quantitative estimate of drug-likeness (QED) is 0.932. The molecule has 0 saturated carbocycles. The van der Waals surface area contributed by atoms with Crippen molar-refractivity contribution in [3.63, 3.8) is 0 Å². The molecule has 21 heavy (non-hydrogen) atoms. The second-order valence-electron chi connectivity index (χ2n) is 5.48. The van der Waals surface area contributed by atoms with Gasteiger partial charge in [-0.15, -0.1) is 0 Å². The molecule has 2 aromatic rings. The number of aromatic nitrogens is 3. The fourth-order valence-corrected chi connectivity index (χ4v) is 2.82. The van der Waals surface area contributed by atoms with Gasteiger partial charge >= 0.3 is 0 Å². The minimum absolute atomic E-state index is 0.257. The van der Waals surface area contributed by atoms with E-state index >= 15 is 0 Å². The molecule has 3 heterocycles. The molecule has 2 unspecified atom stereocenters. The van der Waals surface area contributed by atoms with E-state index in [0.717, 1.165) is 31.2 Å². The third kappa shape index (κ3) is 3.55. The number of nitrogens with one attached hydrogen (secondary N) is 1. The van der Waals surface area contributed by atoms with E-state index in [1.54, 1.807) is 12.4 Å². The van der Waals surface area contributed by atoms with E-state index < -0.39 is 0 Å². The van der Waals surface area contributed by atoms with Gasteiger partial charge in [0.15, 0.2) is 0 Å². The van der Waals surface area contributed by atoms with Crippen LogP contribution in [0.1, 0.15) is 31.5 Å². The van der Waals surface area contributed by atoms with Crippen molar-refractivity contribution < 1.29 is 0 Å². The van der Waals surface area contributed by atoms with Crippen molar-refractivity contribution in [1.82, 2.24) is 20.3 Å². The molecule has 0 radical (unpaired) electrons. The van der Waals surface area contributed by atoms with Crippen LogP contribution in [-0.4, -0.2) is 34.1 Å². The third-order valence-electron chi connectivity index (χ3n) is 3.87. The Balaban J connectivity index is 1.61. The molecule has 0 aromatic carbocycles. The minimum Gasteiger partial charge on any atom is -0.339 e. The van der Waals surface area contributed by atoms with Gasteiger partial charge in [0.25, 0.3) is 0 Å². The van der Waals surface area contributed by atoms with Crippen molar-refractivity contribution in [3.8, 4) is 0 Å². The fourth-order valence-electron chi connectivity index (χ4n) is 2.82. The monoisotopic (exact) mass is 283 g/mol. The lowest BCUT2D eigenvalue weighted by Crippen LogP contribution is -2.47. The van der Waals surface area contributed by atoms with E-state index in [9.17, 15) is 0 Å². The van der Waals surface area contributed by atoms with Crippen LogP contribution in [0.3, 0.4) is 0 Å². The highest BCUT2D eigenvalue weighted by Gasteiger charge is 2.23. The predicted molar refractivity (Wildman–Crippen MR) is 83.1 cm³/mol. The zero-order valence-corrected chi connectivity index (χ0v) is 12.3. The van der Waals surface area contributed by atoms with Gasteiger partial charge in [-0.1, -0.05) is 6.07 Å². The van der Waals surface area contributed by atoms with E-state index in [1.165, 1.54) is 6.42 Å². The second-order valence-corrected chi connectivity index (χ2v) is 5.48. The Hall–Kier alpha value is -2.01. The molecule has 0 amide bonds. The van der Waals surface area contributed by atoms with Crippen molar-refractivity contribution in [2.75, 3.05) is 18.0 Å². The molecule has 110 valence electrons. The van der Waals surface area contributed by atoms with Crippen LogP contribution in [0.15, 0.2) is 42.9 Å². The molecule has 0 spiro atoms. The second kappa shape index (κ2) is 6.63. The van der Waals surface area contributed by atoms with Gasteiger partial charge in [0.05, 0.1) is 5.69 Å². The maximum absolute atomic E-state index is 4.42. The van der Waals surface area contributed by atoms with Crippen LogP contribution in [0.25, 0.3) is 0 Å². The maximum atomic E-state index is 4.42. The van der Waals surface area contributed by atoms with Crippen molar-refractivity contribution in [1.29, 1.82) is 0 Å². The summed E-state index contributed by atoms with van der Waals surface area (Å²) in [6.45, 7) is 4.14. The molecule has 2 atom stereocenters. The van der Waals surface area contributed by atoms with Gasteiger partial charge in [0.2, 0.25) is 5.95 Å². The molecule has 3 rings (SSSR count). The summed E-state index contributed by atoms with van der Waals surface area (Å²) in [5, 5.41) is 3.68. The zero-order chi connectivity index (χ0) is 14.5. The lowest BCUT2D eigenvalue weighted by molar-refractivity contribution is 0.382. The Labute approximate surface area is 125 Å². The Morgan fingerprint density at radius 3 is 2.71 bits per heavy atom. The molecule has 1 N–H and O–H groups in total. The van der Waals surface area contributed by atoms with E-state index in [1.807, 2.05) is 24.4 Å². The summed E-state index contributed by atoms with van der Waals surface area (Å²) in [5.41, 5.74) is 1.09. The molecule has 2 aromatic heterocycles. The first-order valence-electron chi connectivity index (χ1n) is 7.52. The van der Waals surface area contributed by atoms with E-state index in [-0.39, 0.29) is 6.04 Å². The molecule has 0 bridgehead atoms. The summed E-state index contributed by atoms with van der Waals surface area (Å²) in [5.74, 6) is 0.828. The summed E-state index contributed by atoms with van der Waals surface area (Å²) in [6.07, 6.45) is 7.79. The number of hydrogen-bond acceptors (Lipinski definition) is 5. The Bertz CT molecular complexity index is 543. The number of rotatable bonds is 4. The summed E-state index contributed by atoms with van der Waals surface area (Å²) in [6, 6.07) is 8.61. The highest BCUT2D eigenvalue weighted by Crippen LogP contribution is 2.18. The lowest BCUT2D eigenvalue weighted by Gasteiger charge is -2.34. The van der Waals surface area contributed by atoms with Gasteiger partial charge in [0, 0.05) is 43.8 Å². The summed E-state index contributed by atoms with van der Waals surface area (Å²) in [7, 11) is 0. The standard InChI is InChI=1S/C16H21N5/c1-13(15-7-2-3-8-17-15)20-14-6-4-11-21(12-14)16-18-9-5-10-19-16/h2-3,5,7-10,13-14,20H,4,6,11-12H2,1H3. The van der Waals surface area contributed by atoms with Gasteiger partial charge in [-0.3, -0.25) is 4.98 Å². The topological polar surface area (TPSA) is 53.9 Å². The largest absolute Gasteiger partial charge is 0.339 e. The van der Waals surface area contributed by atoms with Gasteiger partial charge in [-0.2, -0.15) is 0 Å². The molecule has 1 aliphatic heterocycles. The molecule has 0 aliphatic carbocycles. The number of nitrogens with zero attached hydrogens (tertiary/aromatic N) is 4. The normalized spacial score (nSPS) is 20.2. The van der Waals surface area contributed by atoms with E-state index in [2.05, 4.69) is 38.2 Å². The molecule has 1 aliphatic rings. The molecular weight excluding hydrogens is 262 g/mol. The van der Waals surface area contributed by atoms with Crippen molar-refractivity contribution in [2.45, 2.75) is 31.8 Å². The Morgan fingerprint density at radius 2 is 1.95 bits per heavy atom. The summed E-state index contributed by atoms with van der Waals surface area (Å²) >= 11 is 0. The Kier molecular flexibility index (Phi) is 4.40. The highest BCUT2D eigenvalue weighted by molar-refractivity contribution is 5.29. The first kappa shape index (κ1) is 13.9. The molecule has 5 nitrogen and oxygen atoms in total. The van der Waals surface area contributed by atoms with Gasteiger partial charge in [-0.25, -0.2) is 9.97 Å². The third-order valence-corrected chi connectivity index (χ3v) is 3.87. The molecular formula is C16H21N5. The average Bonchev–Trinajstić information content (AvgIpc) is 2.57. The smallest absolute Gasteiger partial charge is 0.225 e. The maximum Gasteiger partial charge on any atom is 0.225 e. The minimum atomic E-state index is 0.257. The first-order valence-corrected chi connectivity index (χ1v) is 7.52. The number of piperidine rings is 1. The molecule has 1 saturated heterocycles. The number of hydrogen-bond donors (Lipinski definition) is 1. The number of pyridine rings is 1. The van der Waals surface area contributed by atoms with Crippen LogP contribution in [0.5, 0.6) is 0 Å². The van der Waals surface area contributed by atoms with E-state index in [0.29, 0.717) is 6.04 Å². The van der Waals surface area contributed by atoms with Crippen LogP contribution >= 0.6 is 0 Å². The van der Waals surface area contributed by atoms with Crippen molar-refractivity contribution >= 4 is 5.95 Å². The Morgan fingerprint density at radius 1 is 1.14 bits per heavy atom. The first-order chi connectivity index (χ1) is 10.3. The number of anilines is 1. The van der Waals surface area contributed by atoms with Crippen LogP contribution in [0.4, 0.5) is 5.95 Å². The fraction of sp³-hybridized carbons (Fsp3) is 0.438. The van der Waals surface area contributed by atoms with Crippen molar-refractivity contribution in [3.05, 3.63) is 48.5 Å².